The van der Waals surface area contributed by atoms with E-state index in [-0.39, 0.29) is 0 Å². The minimum Gasteiger partial charge on any atom is -0.378 e. The Morgan fingerprint density at radius 1 is 1.67 bits per heavy atom. The summed E-state index contributed by atoms with van der Waals surface area (Å²) < 4.78 is 5.50. The second-order valence-electron chi connectivity index (χ2n) is 4.01. The van der Waals surface area contributed by atoms with Gasteiger partial charge in [-0.25, -0.2) is 4.99 Å². The summed E-state index contributed by atoms with van der Waals surface area (Å²) in [4.78, 5) is 4.13. The van der Waals surface area contributed by atoms with Crippen LogP contribution in [0.25, 0.3) is 0 Å². The van der Waals surface area contributed by atoms with Crippen molar-refractivity contribution in [2.24, 2.45) is 10.7 Å². The van der Waals surface area contributed by atoms with E-state index in [1.807, 2.05) is 6.92 Å². The number of guanidine groups is 1. The van der Waals surface area contributed by atoms with Crippen LogP contribution in [0.4, 0.5) is 0 Å². The summed E-state index contributed by atoms with van der Waals surface area (Å²) in [6.45, 7) is 8.03. The lowest BCUT2D eigenvalue weighted by atomic mass is 10.2. The number of nitrogens with zero attached hydrogens (tertiary/aromatic N) is 1. The maximum Gasteiger partial charge on any atom is 0.188 e. The van der Waals surface area contributed by atoms with Crippen LogP contribution in [0.15, 0.2) is 17.1 Å². The highest BCUT2D eigenvalue weighted by atomic mass is 16.5. The quantitative estimate of drug-likeness (QED) is 0.406. The molecule has 1 atom stereocenters. The van der Waals surface area contributed by atoms with Gasteiger partial charge in [-0.2, -0.15) is 0 Å². The Labute approximate surface area is 91.6 Å². The largest absolute Gasteiger partial charge is 0.378 e. The third-order valence-electron chi connectivity index (χ3n) is 2.32. The van der Waals surface area contributed by atoms with Gasteiger partial charge in [0.05, 0.1) is 12.6 Å². The SMILES string of the molecule is C=C(C)CN=C(N)NCC[C@H]1CCCO1. The van der Waals surface area contributed by atoms with Gasteiger partial charge in [0.2, 0.25) is 0 Å². The molecule has 1 heterocycles. The molecule has 0 radical (unpaired) electrons. The third-order valence-corrected chi connectivity index (χ3v) is 2.32. The van der Waals surface area contributed by atoms with Gasteiger partial charge in [0.15, 0.2) is 5.96 Å². The molecule has 3 N–H and O–H groups in total. The van der Waals surface area contributed by atoms with Gasteiger partial charge in [0, 0.05) is 13.2 Å². The first-order chi connectivity index (χ1) is 7.18. The highest BCUT2D eigenvalue weighted by Crippen LogP contribution is 2.14. The van der Waals surface area contributed by atoms with E-state index in [1.54, 1.807) is 0 Å². The van der Waals surface area contributed by atoms with Crippen LogP contribution in [0.2, 0.25) is 0 Å². The Morgan fingerprint density at radius 2 is 2.47 bits per heavy atom. The molecule has 1 aliphatic heterocycles. The molecule has 1 fully saturated rings. The number of nitrogens with two attached hydrogens (primary N) is 1. The van der Waals surface area contributed by atoms with Crippen LogP contribution in [-0.2, 0) is 4.74 Å². The van der Waals surface area contributed by atoms with E-state index in [0.29, 0.717) is 18.6 Å². The predicted octanol–water partition coefficient (Wildman–Crippen LogP) is 1.04. The number of rotatable bonds is 5. The summed E-state index contributed by atoms with van der Waals surface area (Å²) in [6.07, 6.45) is 3.77. The molecule has 0 aromatic rings. The molecule has 86 valence electrons. The molecule has 1 saturated heterocycles. The lowest BCUT2D eigenvalue weighted by Crippen LogP contribution is -2.34. The van der Waals surface area contributed by atoms with Crippen molar-refractivity contribution in [3.05, 3.63) is 12.2 Å². The molecular weight excluding hydrogens is 190 g/mol. The molecule has 1 rings (SSSR count). The second-order valence-corrected chi connectivity index (χ2v) is 4.01. The summed E-state index contributed by atoms with van der Waals surface area (Å²) in [7, 11) is 0. The molecule has 0 amide bonds. The predicted molar refractivity (Wildman–Crippen MR) is 62.9 cm³/mol. The van der Waals surface area contributed by atoms with E-state index in [2.05, 4.69) is 16.9 Å². The summed E-state index contributed by atoms with van der Waals surface area (Å²) in [6, 6.07) is 0. The van der Waals surface area contributed by atoms with Crippen LogP contribution < -0.4 is 11.1 Å². The lowest BCUT2D eigenvalue weighted by molar-refractivity contribution is 0.105. The Kier molecular flexibility index (Phi) is 5.18. The first kappa shape index (κ1) is 12.0. The zero-order valence-electron chi connectivity index (χ0n) is 9.46. The molecule has 0 unspecified atom stereocenters. The minimum atomic E-state index is 0.409. The zero-order valence-corrected chi connectivity index (χ0v) is 9.46. The van der Waals surface area contributed by atoms with E-state index in [4.69, 9.17) is 10.5 Å². The van der Waals surface area contributed by atoms with E-state index in [1.165, 1.54) is 12.8 Å². The number of hydrogen-bond acceptors (Lipinski definition) is 2. The van der Waals surface area contributed by atoms with Crippen molar-refractivity contribution in [2.75, 3.05) is 19.7 Å². The van der Waals surface area contributed by atoms with Crippen LogP contribution >= 0.6 is 0 Å². The number of nitrogens with one attached hydrogen (secondary N) is 1. The van der Waals surface area contributed by atoms with Gasteiger partial charge in [-0.1, -0.05) is 12.2 Å². The Hall–Kier alpha value is -1.03. The van der Waals surface area contributed by atoms with Gasteiger partial charge >= 0.3 is 0 Å². The van der Waals surface area contributed by atoms with Crippen molar-refractivity contribution in [1.29, 1.82) is 0 Å². The lowest BCUT2D eigenvalue weighted by Gasteiger charge is -2.10. The first-order valence-electron chi connectivity index (χ1n) is 5.48. The third kappa shape index (κ3) is 5.42. The number of hydrogen-bond donors (Lipinski definition) is 2. The van der Waals surface area contributed by atoms with Gasteiger partial charge in [-0.3, -0.25) is 0 Å². The number of aliphatic imine (C=N–C) groups is 1. The van der Waals surface area contributed by atoms with Crippen molar-refractivity contribution in [1.82, 2.24) is 5.32 Å². The topological polar surface area (TPSA) is 59.6 Å². The Morgan fingerprint density at radius 3 is 3.07 bits per heavy atom. The molecule has 0 bridgehead atoms. The Bertz CT molecular complexity index is 232. The highest BCUT2D eigenvalue weighted by molar-refractivity contribution is 5.77. The summed E-state index contributed by atoms with van der Waals surface area (Å²) >= 11 is 0. The standard InChI is InChI=1S/C11H21N3O/c1-9(2)8-14-11(12)13-6-5-10-4-3-7-15-10/h10H,1,3-8H2,2H3,(H3,12,13,14)/t10-/m1/s1. The summed E-state index contributed by atoms with van der Waals surface area (Å²) in [5.74, 6) is 0.496. The van der Waals surface area contributed by atoms with Crippen LogP contribution in [0.1, 0.15) is 26.2 Å². The zero-order chi connectivity index (χ0) is 11.1. The van der Waals surface area contributed by atoms with Crippen molar-refractivity contribution in [2.45, 2.75) is 32.3 Å². The number of ether oxygens (including phenoxy) is 1. The van der Waals surface area contributed by atoms with Crippen LogP contribution in [-0.4, -0.2) is 31.8 Å². The van der Waals surface area contributed by atoms with E-state index in [9.17, 15) is 0 Å². The monoisotopic (exact) mass is 211 g/mol. The minimum absolute atomic E-state index is 0.409. The molecule has 0 saturated carbocycles. The molecular formula is C11H21N3O. The second kappa shape index (κ2) is 6.45. The van der Waals surface area contributed by atoms with Crippen molar-refractivity contribution < 1.29 is 4.74 Å². The average molecular weight is 211 g/mol. The fraction of sp³-hybridized carbons (Fsp3) is 0.727. The van der Waals surface area contributed by atoms with E-state index in [0.717, 1.165) is 25.1 Å². The first-order valence-corrected chi connectivity index (χ1v) is 5.48. The smallest absolute Gasteiger partial charge is 0.188 e. The normalized spacial score (nSPS) is 21.7. The molecule has 4 nitrogen and oxygen atoms in total. The maximum atomic E-state index is 5.66. The van der Waals surface area contributed by atoms with Crippen LogP contribution in [0.5, 0.6) is 0 Å². The molecule has 0 spiro atoms. The summed E-state index contributed by atoms with van der Waals surface area (Å²) in [5.41, 5.74) is 6.68. The van der Waals surface area contributed by atoms with Gasteiger partial charge in [-0.05, 0) is 26.2 Å². The van der Waals surface area contributed by atoms with Crippen molar-refractivity contribution in [3.63, 3.8) is 0 Å². The van der Waals surface area contributed by atoms with Crippen molar-refractivity contribution >= 4 is 5.96 Å². The van der Waals surface area contributed by atoms with Gasteiger partial charge < -0.3 is 15.8 Å². The van der Waals surface area contributed by atoms with E-state index >= 15 is 0 Å². The van der Waals surface area contributed by atoms with Crippen molar-refractivity contribution in [3.8, 4) is 0 Å². The Balaban J connectivity index is 2.07. The van der Waals surface area contributed by atoms with Gasteiger partial charge in [0.1, 0.15) is 0 Å². The fourth-order valence-corrected chi connectivity index (χ4v) is 1.51. The highest BCUT2D eigenvalue weighted by Gasteiger charge is 2.14. The maximum absolute atomic E-state index is 5.66. The van der Waals surface area contributed by atoms with Gasteiger partial charge in [-0.15, -0.1) is 0 Å². The fourth-order valence-electron chi connectivity index (χ4n) is 1.51. The molecule has 0 aliphatic carbocycles. The van der Waals surface area contributed by atoms with Crippen LogP contribution in [0, 0.1) is 0 Å². The van der Waals surface area contributed by atoms with Crippen LogP contribution in [0.3, 0.4) is 0 Å². The summed E-state index contributed by atoms with van der Waals surface area (Å²) in [5, 5.41) is 3.07. The molecule has 0 aromatic carbocycles. The van der Waals surface area contributed by atoms with E-state index < -0.39 is 0 Å². The molecule has 1 aliphatic rings. The molecule has 4 heteroatoms. The average Bonchev–Trinajstić information content (AvgIpc) is 2.67. The molecule has 15 heavy (non-hydrogen) atoms. The van der Waals surface area contributed by atoms with Gasteiger partial charge in [0.25, 0.3) is 0 Å². The molecule has 0 aromatic heterocycles.